The van der Waals surface area contributed by atoms with Crippen LogP contribution in [0.2, 0.25) is 0 Å². The lowest BCUT2D eigenvalue weighted by molar-refractivity contribution is 0.154. The number of alkyl halides is 1. The van der Waals surface area contributed by atoms with Crippen molar-refractivity contribution in [2.45, 2.75) is 23.7 Å². The molecule has 0 aliphatic carbocycles. The van der Waals surface area contributed by atoms with Crippen molar-refractivity contribution in [2.75, 3.05) is 6.26 Å². The molecule has 0 unspecified atom stereocenters. The molecule has 0 spiro atoms. The summed E-state index contributed by atoms with van der Waals surface area (Å²) in [6.07, 6.45) is -0.382. The molecular weight excluding hydrogens is 267 g/mol. The molecular formula is C11H14ClFO3S. The smallest absolute Gasteiger partial charge is 0.174 e. The van der Waals surface area contributed by atoms with Gasteiger partial charge in [0.1, 0.15) is 11.9 Å². The standard InChI is InChI=1S/C11H14ClFO3S/c1-3-11(12,17(2,15)16)10(14)8-4-6-9(13)7-5-8/h4-7,10,14H,3H2,1-2H3/t10-,11+/m0/s1. The van der Waals surface area contributed by atoms with Gasteiger partial charge in [-0.2, -0.15) is 0 Å². The second-order valence-electron chi connectivity index (χ2n) is 3.87. The lowest BCUT2D eigenvalue weighted by atomic mass is 10.0. The Morgan fingerprint density at radius 3 is 2.24 bits per heavy atom. The quantitative estimate of drug-likeness (QED) is 0.861. The van der Waals surface area contributed by atoms with E-state index < -0.39 is 26.0 Å². The van der Waals surface area contributed by atoms with Gasteiger partial charge in [-0.1, -0.05) is 30.7 Å². The van der Waals surface area contributed by atoms with Gasteiger partial charge in [0.05, 0.1) is 0 Å². The molecule has 96 valence electrons. The molecule has 1 aromatic rings. The number of halogens is 2. The summed E-state index contributed by atoms with van der Waals surface area (Å²) in [6.45, 7) is 1.57. The monoisotopic (exact) mass is 280 g/mol. The molecule has 0 fully saturated rings. The molecule has 0 saturated carbocycles. The first kappa shape index (κ1) is 14.4. The Morgan fingerprint density at radius 2 is 1.88 bits per heavy atom. The molecule has 1 aromatic carbocycles. The molecule has 3 nitrogen and oxygen atoms in total. The average Bonchev–Trinajstić information content (AvgIpc) is 2.26. The predicted octanol–water partition coefficient (Wildman–Crippen LogP) is 2.25. The van der Waals surface area contributed by atoms with Crippen molar-refractivity contribution in [3.63, 3.8) is 0 Å². The highest BCUT2D eigenvalue weighted by atomic mass is 35.5. The fourth-order valence-corrected chi connectivity index (χ4v) is 2.74. The lowest BCUT2D eigenvalue weighted by Crippen LogP contribution is -2.37. The number of benzene rings is 1. The van der Waals surface area contributed by atoms with Gasteiger partial charge in [-0.3, -0.25) is 0 Å². The van der Waals surface area contributed by atoms with Gasteiger partial charge in [-0.25, -0.2) is 12.8 Å². The van der Waals surface area contributed by atoms with E-state index in [2.05, 4.69) is 0 Å². The zero-order valence-electron chi connectivity index (χ0n) is 9.52. The van der Waals surface area contributed by atoms with Crippen molar-refractivity contribution in [3.05, 3.63) is 35.6 Å². The average molecular weight is 281 g/mol. The summed E-state index contributed by atoms with van der Waals surface area (Å²) < 4.78 is 34.1. The maximum atomic E-state index is 12.7. The van der Waals surface area contributed by atoms with Gasteiger partial charge in [0, 0.05) is 6.26 Å². The van der Waals surface area contributed by atoms with E-state index in [4.69, 9.17) is 11.6 Å². The Balaban J connectivity index is 3.19. The van der Waals surface area contributed by atoms with E-state index in [-0.39, 0.29) is 12.0 Å². The van der Waals surface area contributed by atoms with E-state index >= 15 is 0 Å². The van der Waals surface area contributed by atoms with E-state index in [1.807, 2.05) is 0 Å². The third-order valence-corrected chi connectivity index (χ3v) is 5.75. The van der Waals surface area contributed by atoms with Crippen LogP contribution in [0.1, 0.15) is 25.0 Å². The molecule has 0 saturated heterocycles. The minimum atomic E-state index is -3.65. The first-order chi connectivity index (χ1) is 7.72. The highest BCUT2D eigenvalue weighted by Gasteiger charge is 2.44. The fourth-order valence-electron chi connectivity index (χ4n) is 1.55. The van der Waals surface area contributed by atoms with Gasteiger partial charge >= 0.3 is 0 Å². The summed E-state index contributed by atoms with van der Waals surface area (Å²) in [5, 5.41) is 10.0. The number of aliphatic hydroxyl groups is 1. The van der Waals surface area contributed by atoms with Crippen LogP contribution in [0.3, 0.4) is 0 Å². The molecule has 6 heteroatoms. The second-order valence-corrected chi connectivity index (χ2v) is 7.04. The van der Waals surface area contributed by atoms with Crippen molar-refractivity contribution >= 4 is 21.4 Å². The number of aliphatic hydroxyl groups excluding tert-OH is 1. The van der Waals surface area contributed by atoms with Crippen LogP contribution in [0.4, 0.5) is 4.39 Å². The summed E-state index contributed by atoms with van der Waals surface area (Å²) in [5.41, 5.74) is 0.272. The van der Waals surface area contributed by atoms with Crippen molar-refractivity contribution in [1.82, 2.24) is 0 Å². The molecule has 0 amide bonds. The van der Waals surface area contributed by atoms with Crippen molar-refractivity contribution in [1.29, 1.82) is 0 Å². The molecule has 0 aromatic heterocycles. The number of sulfone groups is 1. The van der Waals surface area contributed by atoms with Gasteiger partial charge in [-0.05, 0) is 24.1 Å². The van der Waals surface area contributed by atoms with Gasteiger partial charge < -0.3 is 5.11 Å². The number of hydrogen-bond acceptors (Lipinski definition) is 3. The molecule has 0 heterocycles. The Labute approximate surface area is 105 Å². The van der Waals surface area contributed by atoms with Gasteiger partial charge in [-0.15, -0.1) is 0 Å². The number of hydrogen-bond donors (Lipinski definition) is 1. The minimum absolute atomic E-state index is 0.0476. The highest BCUT2D eigenvalue weighted by molar-refractivity contribution is 7.93. The topological polar surface area (TPSA) is 54.4 Å². The van der Waals surface area contributed by atoms with Gasteiger partial charge in [0.2, 0.25) is 0 Å². The van der Waals surface area contributed by atoms with Crippen molar-refractivity contribution in [3.8, 4) is 0 Å². The van der Waals surface area contributed by atoms with Crippen LogP contribution in [-0.4, -0.2) is 24.0 Å². The Morgan fingerprint density at radius 1 is 1.41 bits per heavy atom. The van der Waals surface area contributed by atoms with Crippen molar-refractivity contribution in [2.24, 2.45) is 0 Å². The molecule has 2 atom stereocenters. The van der Waals surface area contributed by atoms with Crippen LogP contribution in [0, 0.1) is 5.82 Å². The Bertz CT molecular complexity index is 486. The van der Waals surface area contributed by atoms with Crippen LogP contribution < -0.4 is 0 Å². The number of rotatable bonds is 4. The summed E-state index contributed by atoms with van der Waals surface area (Å²) in [6, 6.07) is 4.93. The zero-order chi connectivity index (χ0) is 13.3. The van der Waals surface area contributed by atoms with Gasteiger partial charge in [0.25, 0.3) is 0 Å². The van der Waals surface area contributed by atoms with Crippen molar-refractivity contribution < 1.29 is 17.9 Å². The normalized spacial score (nSPS) is 17.5. The summed E-state index contributed by atoms with van der Waals surface area (Å²) in [5.74, 6) is -0.461. The molecule has 1 rings (SSSR count). The highest BCUT2D eigenvalue weighted by Crippen LogP contribution is 2.39. The third-order valence-electron chi connectivity index (χ3n) is 2.69. The molecule has 0 bridgehead atoms. The lowest BCUT2D eigenvalue weighted by Gasteiger charge is -2.29. The first-order valence-corrected chi connectivity index (χ1v) is 7.31. The first-order valence-electron chi connectivity index (χ1n) is 5.04. The summed E-state index contributed by atoms with van der Waals surface area (Å²) >= 11 is 5.99. The molecule has 0 radical (unpaired) electrons. The third kappa shape index (κ3) is 2.78. The molecule has 17 heavy (non-hydrogen) atoms. The van der Waals surface area contributed by atoms with E-state index in [1.54, 1.807) is 6.92 Å². The zero-order valence-corrected chi connectivity index (χ0v) is 11.1. The predicted molar refractivity (Wildman–Crippen MR) is 65.1 cm³/mol. The van der Waals surface area contributed by atoms with Crippen LogP contribution >= 0.6 is 11.6 Å². The van der Waals surface area contributed by atoms with E-state index in [1.165, 1.54) is 12.1 Å². The maximum absolute atomic E-state index is 12.7. The van der Waals surface area contributed by atoms with E-state index in [0.717, 1.165) is 18.4 Å². The maximum Gasteiger partial charge on any atom is 0.174 e. The van der Waals surface area contributed by atoms with Gasteiger partial charge in [0.15, 0.2) is 14.0 Å². The van der Waals surface area contributed by atoms with Crippen LogP contribution in [0.25, 0.3) is 0 Å². The summed E-state index contributed by atoms with van der Waals surface area (Å²) in [4.78, 5) is 0. The molecule has 0 aliphatic heterocycles. The largest absolute Gasteiger partial charge is 0.385 e. The minimum Gasteiger partial charge on any atom is -0.385 e. The SMILES string of the molecule is CC[C@](Cl)([C@@H](O)c1ccc(F)cc1)S(C)(=O)=O. The summed E-state index contributed by atoms with van der Waals surface area (Å²) in [7, 11) is -3.65. The molecule has 1 N–H and O–H groups in total. The van der Waals surface area contributed by atoms with E-state index in [9.17, 15) is 17.9 Å². The van der Waals surface area contributed by atoms with Crippen LogP contribution in [-0.2, 0) is 9.84 Å². The van der Waals surface area contributed by atoms with Crippen LogP contribution in [0.15, 0.2) is 24.3 Å². The van der Waals surface area contributed by atoms with Crippen LogP contribution in [0.5, 0.6) is 0 Å². The Kier molecular flexibility index (Phi) is 4.17. The van der Waals surface area contributed by atoms with E-state index in [0.29, 0.717) is 0 Å². The second kappa shape index (κ2) is 4.92. The fraction of sp³-hybridized carbons (Fsp3) is 0.455. The Hall–Kier alpha value is -0.650. The molecule has 0 aliphatic rings.